The van der Waals surface area contributed by atoms with E-state index in [-0.39, 0.29) is 18.2 Å². The number of aromatic nitrogens is 2. The van der Waals surface area contributed by atoms with E-state index in [1.165, 1.54) is 13.0 Å². The Morgan fingerprint density at radius 1 is 1.46 bits per heavy atom. The summed E-state index contributed by atoms with van der Waals surface area (Å²) in [4.78, 5) is 40.9. The highest BCUT2D eigenvalue weighted by molar-refractivity contribution is 6.12. The maximum absolute atomic E-state index is 12.3. The van der Waals surface area contributed by atoms with Crippen LogP contribution in [0.5, 0.6) is 0 Å². The van der Waals surface area contributed by atoms with Crippen LogP contribution in [0.15, 0.2) is 12.0 Å². The van der Waals surface area contributed by atoms with Gasteiger partial charge in [-0.15, -0.1) is 0 Å². The highest BCUT2D eigenvalue weighted by atomic mass is 16.5. The number of imide groups is 1. The zero-order valence-corrected chi connectivity index (χ0v) is 14.3. The van der Waals surface area contributed by atoms with Gasteiger partial charge in [-0.1, -0.05) is 13.8 Å². The first-order chi connectivity index (χ1) is 11.3. The lowest BCUT2D eigenvalue weighted by atomic mass is 10.1. The molecule has 1 aliphatic heterocycles. The molecule has 0 saturated carbocycles. The summed E-state index contributed by atoms with van der Waals surface area (Å²) in [5.74, 6) is -1.23. The first kappa shape index (κ1) is 17.9. The van der Waals surface area contributed by atoms with Crippen molar-refractivity contribution in [2.24, 2.45) is 0 Å². The molecule has 0 atom stereocenters. The smallest absolute Gasteiger partial charge is 0.277 e. The number of imidazole rings is 1. The number of methoxy groups -OCH3 is 1. The van der Waals surface area contributed by atoms with E-state index < -0.39 is 17.7 Å². The van der Waals surface area contributed by atoms with Crippen LogP contribution in [-0.4, -0.2) is 52.4 Å². The molecule has 0 aliphatic carbocycles. The van der Waals surface area contributed by atoms with Gasteiger partial charge in [0.05, 0.1) is 18.6 Å². The molecule has 0 radical (unpaired) electrons. The summed E-state index contributed by atoms with van der Waals surface area (Å²) >= 11 is 0. The molecule has 1 aromatic heterocycles. The number of hydrogen-bond acceptors (Lipinski definition) is 5. The number of hydrogen-bond donors (Lipinski definition) is 1. The van der Waals surface area contributed by atoms with Gasteiger partial charge in [0.1, 0.15) is 12.2 Å². The second kappa shape index (κ2) is 7.39. The highest BCUT2D eigenvalue weighted by Crippen LogP contribution is 2.22. The Bertz CT molecular complexity index is 690. The zero-order valence-electron chi connectivity index (χ0n) is 14.3. The molecule has 1 N–H and O–H groups in total. The molecule has 0 aromatic carbocycles. The lowest BCUT2D eigenvalue weighted by Crippen LogP contribution is -2.51. The zero-order chi connectivity index (χ0) is 17.9. The van der Waals surface area contributed by atoms with E-state index in [1.807, 2.05) is 18.4 Å². The second-order valence-electron chi connectivity index (χ2n) is 5.87. The second-order valence-corrected chi connectivity index (χ2v) is 5.87. The maximum Gasteiger partial charge on any atom is 0.277 e. The third-order valence-electron chi connectivity index (χ3n) is 3.70. The molecule has 8 nitrogen and oxygen atoms in total. The van der Waals surface area contributed by atoms with Crippen molar-refractivity contribution >= 4 is 23.8 Å². The van der Waals surface area contributed by atoms with Crippen LogP contribution in [0.1, 0.15) is 38.1 Å². The van der Waals surface area contributed by atoms with Gasteiger partial charge in [0.2, 0.25) is 11.8 Å². The van der Waals surface area contributed by atoms with Crippen LogP contribution in [0.3, 0.4) is 0 Å². The van der Waals surface area contributed by atoms with Crippen molar-refractivity contribution in [3.05, 3.63) is 23.4 Å². The molecular formula is C16H22N4O4. The summed E-state index contributed by atoms with van der Waals surface area (Å²) in [7, 11) is 1.63. The summed E-state index contributed by atoms with van der Waals surface area (Å²) in [5, 5.41) is 2.52. The van der Waals surface area contributed by atoms with Gasteiger partial charge in [-0.05, 0) is 12.0 Å². The fraction of sp³-hybridized carbons (Fsp3) is 0.500. The molecule has 2 heterocycles. The molecule has 24 heavy (non-hydrogen) atoms. The summed E-state index contributed by atoms with van der Waals surface area (Å²) in [5.41, 5.74) is 1.58. The van der Waals surface area contributed by atoms with E-state index in [1.54, 1.807) is 13.4 Å². The maximum atomic E-state index is 12.3. The van der Waals surface area contributed by atoms with Crippen LogP contribution < -0.4 is 5.32 Å². The third-order valence-corrected chi connectivity index (χ3v) is 3.70. The van der Waals surface area contributed by atoms with Crippen molar-refractivity contribution in [2.45, 2.75) is 33.2 Å². The van der Waals surface area contributed by atoms with E-state index in [4.69, 9.17) is 4.74 Å². The van der Waals surface area contributed by atoms with Gasteiger partial charge < -0.3 is 14.6 Å². The molecule has 130 valence electrons. The Balaban J connectivity index is 2.39. The molecule has 1 fully saturated rings. The molecule has 1 saturated heterocycles. The van der Waals surface area contributed by atoms with E-state index >= 15 is 0 Å². The molecular weight excluding hydrogens is 312 g/mol. The van der Waals surface area contributed by atoms with E-state index in [9.17, 15) is 14.4 Å². The first-order valence-corrected chi connectivity index (χ1v) is 7.73. The topological polar surface area (TPSA) is 93.5 Å². The van der Waals surface area contributed by atoms with Gasteiger partial charge in [0.25, 0.3) is 5.91 Å². The van der Waals surface area contributed by atoms with Crippen molar-refractivity contribution in [1.82, 2.24) is 19.8 Å². The number of rotatable bonds is 5. The van der Waals surface area contributed by atoms with Crippen LogP contribution in [-0.2, 0) is 25.7 Å². The predicted molar refractivity (Wildman–Crippen MR) is 86.7 cm³/mol. The Morgan fingerprint density at radius 3 is 2.75 bits per heavy atom. The number of carbonyl (C=O) groups excluding carboxylic acids is 3. The lowest BCUT2D eigenvalue weighted by molar-refractivity contribution is -0.147. The van der Waals surface area contributed by atoms with Crippen molar-refractivity contribution in [1.29, 1.82) is 0 Å². The van der Waals surface area contributed by atoms with Crippen molar-refractivity contribution in [3.63, 3.8) is 0 Å². The average molecular weight is 334 g/mol. The van der Waals surface area contributed by atoms with Crippen LogP contribution in [0.4, 0.5) is 0 Å². The van der Waals surface area contributed by atoms with Crippen molar-refractivity contribution in [2.75, 3.05) is 20.3 Å². The Labute approximate surface area is 140 Å². The SMILES string of the molecule is COCCn1cnc(/C=C2\NC(=O)CN(C(C)=O)C2=O)c1C(C)C. The number of nitrogens with one attached hydrogen (secondary N) is 1. The normalized spacial score (nSPS) is 16.9. The third kappa shape index (κ3) is 3.70. The lowest BCUT2D eigenvalue weighted by Gasteiger charge is -2.25. The number of nitrogens with zero attached hydrogens (tertiary/aromatic N) is 3. The van der Waals surface area contributed by atoms with Gasteiger partial charge in [0, 0.05) is 26.3 Å². The molecule has 0 spiro atoms. The van der Waals surface area contributed by atoms with Crippen molar-refractivity contribution < 1.29 is 19.1 Å². The largest absolute Gasteiger partial charge is 0.383 e. The van der Waals surface area contributed by atoms with Gasteiger partial charge in [-0.2, -0.15) is 0 Å². The summed E-state index contributed by atoms with van der Waals surface area (Å²) in [6, 6.07) is 0. The quantitative estimate of drug-likeness (QED) is 0.792. The van der Waals surface area contributed by atoms with E-state index in [0.29, 0.717) is 18.8 Å². The number of piperazine rings is 1. The standard InChI is InChI=1S/C16H22N4O4/c1-10(2)15-12(17-9-19(15)5-6-24-4)7-13-16(23)20(11(3)21)8-14(22)18-13/h7,9-10H,5-6,8H2,1-4H3,(H,18,22)/b13-7-. The fourth-order valence-electron chi connectivity index (χ4n) is 2.61. The van der Waals surface area contributed by atoms with Crippen LogP contribution in [0.25, 0.3) is 6.08 Å². The fourth-order valence-corrected chi connectivity index (χ4v) is 2.61. The Kier molecular flexibility index (Phi) is 5.50. The monoisotopic (exact) mass is 334 g/mol. The minimum Gasteiger partial charge on any atom is -0.383 e. The minimum absolute atomic E-state index is 0.0559. The van der Waals surface area contributed by atoms with Crippen LogP contribution in [0, 0.1) is 0 Å². The highest BCUT2D eigenvalue weighted by Gasteiger charge is 2.31. The molecule has 1 aromatic rings. The molecule has 1 aliphatic rings. The average Bonchev–Trinajstić information content (AvgIpc) is 2.91. The predicted octanol–water partition coefficient (Wildman–Crippen LogP) is 0.499. The molecule has 0 bridgehead atoms. The van der Waals surface area contributed by atoms with Gasteiger partial charge in [0.15, 0.2) is 0 Å². The number of ether oxygens (including phenoxy) is 1. The summed E-state index contributed by atoms with van der Waals surface area (Å²) < 4.78 is 7.05. The van der Waals surface area contributed by atoms with Crippen LogP contribution in [0.2, 0.25) is 0 Å². The number of carbonyl (C=O) groups is 3. The summed E-state index contributed by atoms with van der Waals surface area (Å²) in [6.45, 7) is 6.22. The van der Waals surface area contributed by atoms with E-state index in [2.05, 4.69) is 10.3 Å². The Hall–Kier alpha value is -2.48. The van der Waals surface area contributed by atoms with Gasteiger partial charge in [-0.25, -0.2) is 4.98 Å². The van der Waals surface area contributed by atoms with Gasteiger partial charge >= 0.3 is 0 Å². The molecule has 3 amide bonds. The Morgan fingerprint density at radius 2 is 2.17 bits per heavy atom. The first-order valence-electron chi connectivity index (χ1n) is 7.73. The minimum atomic E-state index is -0.525. The molecule has 0 unspecified atom stereocenters. The van der Waals surface area contributed by atoms with E-state index in [0.717, 1.165) is 10.6 Å². The molecule has 8 heteroatoms. The van der Waals surface area contributed by atoms with Gasteiger partial charge in [-0.3, -0.25) is 19.3 Å². The van der Waals surface area contributed by atoms with Crippen molar-refractivity contribution in [3.8, 4) is 0 Å². The number of amides is 3. The summed E-state index contributed by atoms with van der Waals surface area (Å²) in [6.07, 6.45) is 3.20. The molecule has 2 rings (SSSR count). The van der Waals surface area contributed by atoms with Crippen LogP contribution >= 0.6 is 0 Å².